The number of ketones is 1. The van der Waals surface area contributed by atoms with Gasteiger partial charge in [-0.05, 0) is 12.1 Å². The summed E-state index contributed by atoms with van der Waals surface area (Å²) in [4.78, 5) is 24.7. The van der Waals surface area contributed by atoms with Crippen LogP contribution in [-0.4, -0.2) is 35.8 Å². The molecule has 1 aromatic carbocycles. The van der Waals surface area contributed by atoms with Crippen LogP contribution in [0.3, 0.4) is 0 Å². The van der Waals surface area contributed by atoms with Crippen LogP contribution in [-0.2, 0) is 4.79 Å². The number of Topliss-reactive ketones (excluding diaryl/α,β-unsaturated/α-hetero) is 1. The highest BCUT2D eigenvalue weighted by Crippen LogP contribution is 2.28. The maximum atomic E-state index is 11.9. The van der Waals surface area contributed by atoms with Crippen LogP contribution in [0.25, 0.3) is 0 Å². The van der Waals surface area contributed by atoms with Crippen LogP contribution in [0.5, 0.6) is 5.75 Å². The molecule has 2 heterocycles. The van der Waals surface area contributed by atoms with E-state index in [1.165, 1.54) is 0 Å². The Labute approximate surface area is 86.4 Å². The Hall–Kier alpha value is -1.84. The van der Waals surface area contributed by atoms with Crippen molar-refractivity contribution in [1.82, 2.24) is 4.90 Å². The number of ether oxygens (including phenoxy) is 1. The molecular weight excluding hydrogens is 194 g/mol. The lowest BCUT2D eigenvalue weighted by Gasteiger charge is -2.36. The molecule has 3 rings (SSSR count). The molecule has 15 heavy (non-hydrogen) atoms. The zero-order chi connectivity index (χ0) is 10.4. The smallest absolute Gasteiger partial charge is 0.258 e. The molecule has 0 saturated carbocycles. The Kier molecular flexibility index (Phi) is 1.59. The van der Waals surface area contributed by atoms with E-state index in [0.717, 1.165) is 0 Å². The molecule has 2 aliphatic heterocycles. The third kappa shape index (κ3) is 1.08. The highest BCUT2D eigenvalue weighted by Gasteiger charge is 2.43. The van der Waals surface area contributed by atoms with Gasteiger partial charge in [-0.3, -0.25) is 9.59 Å². The van der Waals surface area contributed by atoms with Crippen molar-refractivity contribution in [3.8, 4) is 5.75 Å². The van der Waals surface area contributed by atoms with Crippen LogP contribution in [0.15, 0.2) is 24.3 Å². The minimum absolute atomic E-state index is 0.0798. The molecule has 1 aromatic rings. The first-order chi connectivity index (χ1) is 7.27. The average molecular weight is 203 g/mol. The fraction of sp³-hybridized carbons (Fsp3) is 0.273. The van der Waals surface area contributed by atoms with Gasteiger partial charge in [0.15, 0.2) is 5.78 Å². The van der Waals surface area contributed by atoms with E-state index < -0.39 is 0 Å². The summed E-state index contributed by atoms with van der Waals surface area (Å²) in [5.41, 5.74) is 0.549. The molecule has 0 aromatic heterocycles. The second-order valence-electron chi connectivity index (χ2n) is 3.72. The number of nitrogens with zero attached hydrogens (tertiary/aromatic N) is 1. The number of rotatable bonds is 0. The van der Waals surface area contributed by atoms with E-state index in [9.17, 15) is 9.59 Å². The minimum Gasteiger partial charge on any atom is -0.490 e. The van der Waals surface area contributed by atoms with E-state index in [-0.39, 0.29) is 30.9 Å². The zero-order valence-electron chi connectivity index (χ0n) is 7.97. The fourth-order valence-corrected chi connectivity index (χ4v) is 1.93. The number of carbonyl (C=O) groups is 2. The Balaban J connectivity index is 2.05. The van der Waals surface area contributed by atoms with E-state index in [1.54, 1.807) is 23.1 Å². The lowest BCUT2D eigenvalue weighted by molar-refractivity contribution is -0.134. The van der Waals surface area contributed by atoms with Crippen molar-refractivity contribution in [2.24, 2.45) is 0 Å². The number of para-hydroxylation sites is 1. The van der Waals surface area contributed by atoms with Crippen molar-refractivity contribution < 1.29 is 14.3 Å². The van der Waals surface area contributed by atoms with Crippen LogP contribution in [0.1, 0.15) is 10.4 Å². The van der Waals surface area contributed by atoms with Gasteiger partial charge in [-0.2, -0.15) is 0 Å². The second kappa shape index (κ2) is 2.82. The van der Waals surface area contributed by atoms with Gasteiger partial charge in [0, 0.05) is 0 Å². The molecule has 0 aliphatic carbocycles. The highest BCUT2D eigenvalue weighted by atomic mass is 16.5. The summed E-state index contributed by atoms with van der Waals surface area (Å²) in [6.07, 6.45) is 0. The van der Waals surface area contributed by atoms with Crippen LogP contribution >= 0.6 is 0 Å². The molecule has 1 saturated heterocycles. The van der Waals surface area contributed by atoms with Gasteiger partial charge < -0.3 is 9.64 Å². The molecule has 2 aliphatic rings. The Morgan fingerprint density at radius 3 is 2.87 bits per heavy atom. The van der Waals surface area contributed by atoms with Crippen molar-refractivity contribution in [3.63, 3.8) is 0 Å². The van der Waals surface area contributed by atoms with Crippen molar-refractivity contribution in [3.05, 3.63) is 29.8 Å². The van der Waals surface area contributed by atoms with Gasteiger partial charge >= 0.3 is 0 Å². The van der Waals surface area contributed by atoms with Crippen molar-refractivity contribution in [1.29, 1.82) is 0 Å². The summed E-state index contributed by atoms with van der Waals surface area (Å²) in [6.45, 7) is 0.503. The summed E-state index contributed by atoms with van der Waals surface area (Å²) >= 11 is 0. The molecule has 1 atom stereocenters. The Morgan fingerprint density at radius 2 is 2.07 bits per heavy atom. The summed E-state index contributed by atoms with van der Waals surface area (Å²) in [5, 5.41) is 0. The number of hydrogen-bond acceptors (Lipinski definition) is 3. The summed E-state index contributed by atoms with van der Waals surface area (Å²) in [6, 6.07) is 6.72. The molecule has 4 nitrogen and oxygen atoms in total. The first-order valence-electron chi connectivity index (χ1n) is 4.83. The van der Waals surface area contributed by atoms with Crippen molar-refractivity contribution in [2.75, 3.05) is 13.2 Å². The van der Waals surface area contributed by atoms with Crippen LogP contribution in [0.4, 0.5) is 0 Å². The van der Waals surface area contributed by atoms with Crippen molar-refractivity contribution in [2.45, 2.75) is 6.04 Å². The lowest BCUT2D eigenvalue weighted by Crippen LogP contribution is -2.60. The number of benzene rings is 1. The monoisotopic (exact) mass is 203 g/mol. The maximum Gasteiger partial charge on any atom is 0.258 e. The number of hydrogen-bond donors (Lipinski definition) is 0. The van der Waals surface area contributed by atoms with Crippen LogP contribution in [0, 0.1) is 0 Å². The van der Waals surface area contributed by atoms with Crippen molar-refractivity contribution >= 4 is 11.7 Å². The van der Waals surface area contributed by atoms with E-state index in [1.807, 2.05) is 6.07 Å². The molecular formula is C11H9NO3. The molecule has 1 fully saturated rings. The lowest BCUT2D eigenvalue weighted by atomic mass is 10.0. The molecule has 76 valence electrons. The molecule has 0 radical (unpaired) electrons. The summed E-state index contributed by atoms with van der Waals surface area (Å²) in [5.74, 6) is 0.550. The SMILES string of the molecule is O=C1CN2C(=O)c3ccccc3OC[C@H]12. The van der Waals surface area contributed by atoms with E-state index in [2.05, 4.69) is 0 Å². The fourth-order valence-electron chi connectivity index (χ4n) is 1.93. The largest absolute Gasteiger partial charge is 0.490 e. The normalized spacial score (nSPS) is 23.5. The van der Waals surface area contributed by atoms with E-state index >= 15 is 0 Å². The van der Waals surface area contributed by atoms with Gasteiger partial charge in [-0.25, -0.2) is 0 Å². The Bertz CT molecular complexity index is 455. The molecule has 4 heteroatoms. The molecule has 0 bridgehead atoms. The first kappa shape index (κ1) is 8.47. The average Bonchev–Trinajstić information content (AvgIpc) is 2.35. The Morgan fingerprint density at radius 1 is 1.27 bits per heavy atom. The molecule has 1 amide bonds. The first-order valence-corrected chi connectivity index (χ1v) is 4.83. The number of carbonyl (C=O) groups excluding carboxylic acids is 2. The van der Waals surface area contributed by atoms with Gasteiger partial charge in [0.2, 0.25) is 0 Å². The van der Waals surface area contributed by atoms with Crippen LogP contribution in [0.2, 0.25) is 0 Å². The minimum atomic E-state index is -0.370. The highest BCUT2D eigenvalue weighted by molar-refractivity contribution is 6.06. The standard InChI is InChI=1S/C11H9NO3/c13-9-5-12-8(9)6-15-10-4-2-1-3-7(10)11(12)14/h1-4,8H,5-6H2/t8-/m1/s1. The van der Waals surface area contributed by atoms with E-state index in [4.69, 9.17) is 4.74 Å². The predicted octanol–water partition coefficient (Wildman–Crippen LogP) is 0.473. The van der Waals surface area contributed by atoms with Gasteiger partial charge in [0.25, 0.3) is 5.91 Å². The van der Waals surface area contributed by atoms with Gasteiger partial charge in [0.05, 0.1) is 12.1 Å². The second-order valence-corrected chi connectivity index (χ2v) is 3.72. The van der Waals surface area contributed by atoms with Gasteiger partial charge in [-0.1, -0.05) is 12.1 Å². The zero-order valence-corrected chi connectivity index (χ0v) is 7.97. The summed E-state index contributed by atoms with van der Waals surface area (Å²) in [7, 11) is 0. The van der Waals surface area contributed by atoms with E-state index in [0.29, 0.717) is 11.3 Å². The predicted molar refractivity (Wildman–Crippen MR) is 51.8 cm³/mol. The molecule has 0 unspecified atom stereocenters. The third-order valence-electron chi connectivity index (χ3n) is 2.85. The molecule has 0 N–H and O–H groups in total. The number of amides is 1. The van der Waals surface area contributed by atoms with Gasteiger partial charge in [-0.15, -0.1) is 0 Å². The maximum absolute atomic E-state index is 11.9. The quantitative estimate of drug-likeness (QED) is 0.615. The van der Waals surface area contributed by atoms with Crippen LogP contribution < -0.4 is 4.74 Å². The molecule has 0 spiro atoms. The van der Waals surface area contributed by atoms with Gasteiger partial charge in [0.1, 0.15) is 18.4 Å². The summed E-state index contributed by atoms with van der Waals surface area (Å²) < 4.78 is 5.44. The number of fused-ring (bicyclic) bond motifs is 2. The topological polar surface area (TPSA) is 46.6 Å². The third-order valence-corrected chi connectivity index (χ3v) is 2.85.